The van der Waals surface area contributed by atoms with E-state index in [-0.39, 0.29) is 17.6 Å². The van der Waals surface area contributed by atoms with Gasteiger partial charge in [0.15, 0.2) is 5.69 Å². The van der Waals surface area contributed by atoms with Crippen LogP contribution < -0.4 is 10.6 Å². The smallest absolute Gasteiger partial charge is 0.280 e. The molecular weight excluding hydrogens is 236 g/mol. The van der Waals surface area contributed by atoms with Gasteiger partial charge in [-0.1, -0.05) is 5.21 Å². The number of hydrogen-bond donors (Lipinski definition) is 2. The number of carbonyl (C=O) groups is 1. The minimum Gasteiger partial charge on any atom is -0.312 e. The molecule has 2 aromatic heterocycles. The molecule has 94 valence electrons. The molecule has 2 N–H and O–H groups in total. The number of amides is 1. The first-order chi connectivity index (χ1) is 8.74. The average Bonchev–Trinajstić information content (AvgIpc) is 2.87. The summed E-state index contributed by atoms with van der Waals surface area (Å²) in [6.45, 7) is 1.71. The Balaban J connectivity index is 1.72. The zero-order chi connectivity index (χ0) is 12.5. The van der Waals surface area contributed by atoms with Crippen LogP contribution in [0.15, 0.2) is 12.5 Å². The van der Waals surface area contributed by atoms with E-state index in [1.807, 2.05) is 0 Å². The third-order valence-corrected chi connectivity index (χ3v) is 2.81. The number of hydrogen-bond acceptors (Lipinski definition) is 6. The van der Waals surface area contributed by atoms with Crippen molar-refractivity contribution in [3.63, 3.8) is 0 Å². The van der Waals surface area contributed by atoms with E-state index in [1.165, 1.54) is 11.0 Å². The predicted molar refractivity (Wildman–Crippen MR) is 60.9 cm³/mol. The monoisotopic (exact) mass is 248 g/mol. The van der Waals surface area contributed by atoms with Gasteiger partial charge in [-0.2, -0.15) is 10.1 Å². The molecule has 2 aromatic rings. The van der Waals surface area contributed by atoms with Crippen LogP contribution in [0.25, 0.3) is 0 Å². The molecule has 18 heavy (non-hydrogen) atoms. The van der Waals surface area contributed by atoms with E-state index in [9.17, 15) is 4.79 Å². The largest absolute Gasteiger partial charge is 0.312 e. The van der Waals surface area contributed by atoms with Crippen LogP contribution in [0.2, 0.25) is 0 Å². The van der Waals surface area contributed by atoms with Crippen LogP contribution in [0, 0.1) is 0 Å². The van der Waals surface area contributed by atoms with Gasteiger partial charge in [0, 0.05) is 20.1 Å². The molecule has 3 rings (SSSR count). The fourth-order valence-corrected chi connectivity index (χ4v) is 1.59. The Labute approximate surface area is 102 Å². The Morgan fingerprint density at radius 3 is 3.00 bits per heavy atom. The standard InChI is InChI=1S/C9H12N8O/c1-16-9(11-5-12-16)13-8(18)7-4-17(15-14-7)6-2-10-3-6/h4-6,10H,2-3H2,1H3,(H,11,12,13,18). The Bertz CT molecular complexity index is 569. The summed E-state index contributed by atoms with van der Waals surface area (Å²) in [6, 6.07) is 0.286. The van der Waals surface area contributed by atoms with Gasteiger partial charge in [0.1, 0.15) is 6.33 Å². The van der Waals surface area contributed by atoms with Gasteiger partial charge in [-0.25, -0.2) is 9.36 Å². The second kappa shape index (κ2) is 4.18. The van der Waals surface area contributed by atoms with E-state index in [1.54, 1.807) is 17.9 Å². The van der Waals surface area contributed by atoms with Crippen LogP contribution in [0.1, 0.15) is 16.5 Å². The highest BCUT2D eigenvalue weighted by molar-refractivity contribution is 6.01. The van der Waals surface area contributed by atoms with Crippen LogP contribution in [-0.2, 0) is 7.05 Å². The maximum atomic E-state index is 11.9. The van der Waals surface area contributed by atoms with E-state index in [2.05, 4.69) is 31.0 Å². The van der Waals surface area contributed by atoms with Gasteiger partial charge in [-0.3, -0.25) is 10.1 Å². The minimum absolute atomic E-state index is 0.268. The van der Waals surface area contributed by atoms with E-state index >= 15 is 0 Å². The molecular formula is C9H12N8O. The SMILES string of the molecule is Cn1ncnc1NC(=O)c1cn(C2CNC2)nn1. The number of aromatic nitrogens is 6. The molecule has 0 saturated carbocycles. The van der Waals surface area contributed by atoms with Crippen LogP contribution >= 0.6 is 0 Å². The number of rotatable bonds is 3. The first-order valence-electron chi connectivity index (χ1n) is 5.52. The molecule has 9 nitrogen and oxygen atoms in total. The summed E-state index contributed by atoms with van der Waals surface area (Å²) < 4.78 is 3.17. The molecule has 0 radical (unpaired) electrons. The highest BCUT2D eigenvalue weighted by atomic mass is 16.2. The Morgan fingerprint density at radius 2 is 2.39 bits per heavy atom. The minimum atomic E-state index is -0.343. The average molecular weight is 248 g/mol. The predicted octanol–water partition coefficient (Wildman–Crippen LogP) is -1.20. The molecule has 1 saturated heterocycles. The zero-order valence-corrected chi connectivity index (χ0v) is 9.74. The van der Waals surface area contributed by atoms with Crippen molar-refractivity contribution >= 4 is 11.9 Å². The summed E-state index contributed by atoms with van der Waals surface area (Å²) in [5.74, 6) is 0.0319. The van der Waals surface area contributed by atoms with Crippen LogP contribution in [0.4, 0.5) is 5.95 Å². The van der Waals surface area contributed by atoms with Crippen LogP contribution in [0.3, 0.4) is 0 Å². The Kier molecular flexibility index (Phi) is 2.52. The van der Waals surface area contributed by atoms with Crippen LogP contribution in [-0.4, -0.2) is 48.8 Å². The fourth-order valence-electron chi connectivity index (χ4n) is 1.59. The summed E-state index contributed by atoms with van der Waals surface area (Å²) in [7, 11) is 1.69. The van der Waals surface area contributed by atoms with Gasteiger partial charge >= 0.3 is 0 Å². The molecule has 3 heterocycles. The highest BCUT2D eigenvalue weighted by Crippen LogP contribution is 2.10. The lowest BCUT2D eigenvalue weighted by atomic mass is 10.2. The van der Waals surface area contributed by atoms with E-state index in [0.717, 1.165) is 13.1 Å². The van der Waals surface area contributed by atoms with Crippen molar-refractivity contribution in [3.8, 4) is 0 Å². The van der Waals surface area contributed by atoms with Gasteiger partial charge in [0.05, 0.1) is 12.2 Å². The second-order valence-electron chi connectivity index (χ2n) is 4.06. The highest BCUT2D eigenvalue weighted by Gasteiger charge is 2.22. The summed E-state index contributed by atoms with van der Waals surface area (Å²) in [4.78, 5) is 15.8. The Hall–Kier alpha value is -2.29. The lowest BCUT2D eigenvalue weighted by Crippen LogP contribution is -2.43. The maximum absolute atomic E-state index is 11.9. The summed E-state index contributed by atoms with van der Waals surface area (Å²) in [5.41, 5.74) is 0.268. The molecule has 1 amide bonds. The maximum Gasteiger partial charge on any atom is 0.280 e. The van der Waals surface area contributed by atoms with Crippen molar-refractivity contribution < 1.29 is 4.79 Å². The van der Waals surface area contributed by atoms with Gasteiger partial charge < -0.3 is 5.32 Å². The number of nitrogens with one attached hydrogen (secondary N) is 2. The molecule has 0 atom stereocenters. The number of nitrogens with zero attached hydrogens (tertiary/aromatic N) is 6. The van der Waals surface area contributed by atoms with Crippen molar-refractivity contribution in [2.45, 2.75) is 6.04 Å². The molecule has 0 unspecified atom stereocenters. The quantitative estimate of drug-likeness (QED) is 0.707. The summed E-state index contributed by atoms with van der Waals surface area (Å²) >= 11 is 0. The Morgan fingerprint density at radius 1 is 1.56 bits per heavy atom. The van der Waals surface area contributed by atoms with Crippen molar-refractivity contribution in [3.05, 3.63) is 18.2 Å². The third kappa shape index (κ3) is 1.84. The van der Waals surface area contributed by atoms with E-state index in [4.69, 9.17) is 0 Å². The summed E-state index contributed by atoms with van der Waals surface area (Å²) in [6.07, 6.45) is 3.00. The second-order valence-corrected chi connectivity index (χ2v) is 4.06. The van der Waals surface area contributed by atoms with Gasteiger partial charge in [-0.15, -0.1) is 5.10 Å². The summed E-state index contributed by atoms with van der Waals surface area (Å²) in [5, 5.41) is 17.4. The fraction of sp³-hybridized carbons (Fsp3) is 0.444. The molecule has 0 aromatic carbocycles. The molecule has 1 fully saturated rings. The van der Waals surface area contributed by atoms with Crippen molar-refractivity contribution in [2.75, 3.05) is 18.4 Å². The molecule has 0 bridgehead atoms. The van der Waals surface area contributed by atoms with Gasteiger partial charge in [0.2, 0.25) is 5.95 Å². The molecule has 9 heteroatoms. The number of anilines is 1. The van der Waals surface area contributed by atoms with E-state index in [0.29, 0.717) is 5.95 Å². The molecule has 0 aliphatic carbocycles. The molecule has 1 aliphatic rings. The van der Waals surface area contributed by atoms with Crippen LogP contribution in [0.5, 0.6) is 0 Å². The number of aryl methyl sites for hydroxylation is 1. The van der Waals surface area contributed by atoms with Gasteiger partial charge in [0.25, 0.3) is 5.91 Å². The first kappa shape index (κ1) is 10.8. The van der Waals surface area contributed by atoms with Crippen molar-refractivity contribution in [1.82, 2.24) is 35.1 Å². The van der Waals surface area contributed by atoms with E-state index < -0.39 is 0 Å². The van der Waals surface area contributed by atoms with Crippen molar-refractivity contribution in [2.24, 2.45) is 7.05 Å². The number of carbonyl (C=O) groups excluding carboxylic acids is 1. The normalized spacial score (nSPS) is 15.4. The lowest BCUT2D eigenvalue weighted by molar-refractivity contribution is 0.102. The lowest BCUT2D eigenvalue weighted by Gasteiger charge is -2.26. The zero-order valence-electron chi connectivity index (χ0n) is 9.74. The first-order valence-corrected chi connectivity index (χ1v) is 5.52. The van der Waals surface area contributed by atoms with Gasteiger partial charge in [-0.05, 0) is 0 Å². The van der Waals surface area contributed by atoms with Crippen molar-refractivity contribution in [1.29, 1.82) is 0 Å². The topological polar surface area (TPSA) is 103 Å². The third-order valence-electron chi connectivity index (χ3n) is 2.81. The molecule has 1 aliphatic heterocycles. The molecule has 0 spiro atoms.